The second kappa shape index (κ2) is 4.67. The van der Waals surface area contributed by atoms with E-state index in [4.69, 9.17) is 5.73 Å². The van der Waals surface area contributed by atoms with Crippen molar-refractivity contribution in [2.45, 2.75) is 13.8 Å². The van der Waals surface area contributed by atoms with E-state index in [2.05, 4.69) is 57.8 Å². The fourth-order valence-electron chi connectivity index (χ4n) is 2.71. The maximum Gasteiger partial charge on any atom is 0.222 e. The van der Waals surface area contributed by atoms with Crippen LogP contribution in [0.4, 0.5) is 11.8 Å². The molecule has 2 N–H and O–H groups in total. The first-order valence-corrected chi connectivity index (χ1v) is 6.81. The number of rotatable bonds is 2. The predicted molar refractivity (Wildman–Crippen MR) is 82.4 cm³/mol. The summed E-state index contributed by atoms with van der Waals surface area (Å²) in [5.41, 5.74) is 10.3. The van der Waals surface area contributed by atoms with Gasteiger partial charge in [0, 0.05) is 37.6 Å². The largest absolute Gasteiger partial charge is 0.368 e. The number of fused-ring (bicyclic) bond motifs is 1. The van der Waals surface area contributed by atoms with Crippen LogP contribution in [0, 0.1) is 6.92 Å². The molecule has 3 rings (SSSR count). The van der Waals surface area contributed by atoms with E-state index in [-0.39, 0.29) is 0 Å². The standard InChI is InChI=1S/C15H19N5/c1-4-20-9-11(13-6-5-7-19(13)3)8-12-10(2)17-15(16)18-14(12)20/h5-8H,4,9H2,1-3H3,(H2,16,17,18). The molecule has 20 heavy (non-hydrogen) atoms. The molecule has 0 amide bonds. The van der Waals surface area contributed by atoms with Gasteiger partial charge in [-0.3, -0.25) is 0 Å². The van der Waals surface area contributed by atoms with Gasteiger partial charge in [0.05, 0.1) is 5.69 Å². The van der Waals surface area contributed by atoms with Gasteiger partial charge in [0.2, 0.25) is 5.95 Å². The van der Waals surface area contributed by atoms with Gasteiger partial charge in [0.25, 0.3) is 0 Å². The summed E-state index contributed by atoms with van der Waals surface area (Å²) in [6.07, 6.45) is 4.25. The van der Waals surface area contributed by atoms with Crippen LogP contribution in [0.1, 0.15) is 23.9 Å². The Morgan fingerprint density at radius 3 is 2.80 bits per heavy atom. The molecule has 5 nitrogen and oxygen atoms in total. The predicted octanol–water partition coefficient (Wildman–Crippen LogP) is 2.09. The minimum absolute atomic E-state index is 0.343. The van der Waals surface area contributed by atoms with Gasteiger partial charge in [-0.25, -0.2) is 4.98 Å². The molecule has 0 atom stereocenters. The SMILES string of the molecule is CCN1CC(c2cccn2C)=Cc2c(C)nc(N)nc21. The normalized spacial score (nSPS) is 14.2. The molecule has 2 aromatic heterocycles. The lowest BCUT2D eigenvalue weighted by Crippen LogP contribution is -2.30. The number of aryl methyl sites for hydroxylation is 2. The summed E-state index contributed by atoms with van der Waals surface area (Å²) in [6, 6.07) is 4.20. The molecule has 1 aliphatic heterocycles. The molecule has 0 fully saturated rings. The van der Waals surface area contributed by atoms with Crippen LogP contribution in [0.2, 0.25) is 0 Å². The highest BCUT2D eigenvalue weighted by atomic mass is 15.2. The Kier molecular flexibility index (Phi) is 2.97. The highest BCUT2D eigenvalue weighted by molar-refractivity contribution is 5.90. The van der Waals surface area contributed by atoms with Crippen LogP contribution in [0.15, 0.2) is 18.3 Å². The van der Waals surface area contributed by atoms with E-state index in [1.54, 1.807) is 0 Å². The molecule has 0 spiro atoms. The van der Waals surface area contributed by atoms with E-state index in [0.717, 1.165) is 30.2 Å². The van der Waals surface area contributed by atoms with Gasteiger partial charge in [-0.1, -0.05) is 0 Å². The Hall–Kier alpha value is -2.30. The topological polar surface area (TPSA) is 60.0 Å². The minimum Gasteiger partial charge on any atom is -0.368 e. The molecule has 2 aromatic rings. The number of aromatic nitrogens is 3. The van der Waals surface area contributed by atoms with Crippen molar-refractivity contribution < 1.29 is 0 Å². The second-order valence-corrected chi connectivity index (χ2v) is 5.09. The summed E-state index contributed by atoms with van der Waals surface area (Å²) in [7, 11) is 2.06. The quantitative estimate of drug-likeness (QED) is 0.907. The zero-order valence-corrected chi connectivity index (χ0v) is 12.1. The zero-order valence-electron chi connectivity index (χ0n) is 12.1. The van der Waals surface area contributed by atoms with E-state index in [9.17, 15) is 0 Å². The van der Waals surface area contributed by atoms with Gasteiger partial charge in [-0.15, -0.1) is 0 Å². The third-order valence-electron chi connectivity index (χ3n) is 3.77. The summed E-state index contributed by atoms with van der Waals surface area (Å²) in [4.78, 5) is 10.9. The highest BCUT2D eigenvalue weighted by Crippen LogP contribution is 2.32. The van der Waals surface area contributed by atoms with E-state index in [1.165, 1.54) is 11.3 Å². The molecule has 0 aromatic carbocycles. The number of anilines is 2. The van der Waals surface area contributed by atoms with Crippen LogP contribution in [-0.4, -0.2) is 27.6 Å². The van der Waals surface area contributed by atoms with Gasteiger partial charge < -0.3 is 15.2 Å². The Morgan fingerprint density at radius 1 is 1.35 bits per heavy atom. The Morgan fingerprint density at radius 2 is 2.15 bits per heavy atom. The Bertz CT molecular complexity index is 684. The van der Waals surface area contributed by atoms with Crippen molar-refractivity contribution >= 4 is 23.4 Å². The highest BCUT2D eigenvalue weighted by Gasteiger charge is 2.22. The molecular formula is C15H19N5. The third kappa shape index (κ3) is 1.95. The van der Waals surface area contributed by atoms with E-state index in [1.807, 2.05) is 6.92 Å². The van der Waals surface area contributed by atoms with E-state index in [0.29, 0.717) is 5.95 Å². The first-order valence-electron chi connectivity index (χ1n) is 6.81. The van der Waals surface area contributed by atoms with Crippen LogP contribution in [0.5, 0.6) is 0 Å². The average Bonchev–Trinajstić information content (AvgIpc) is 2.84. The average molecular weight is 269 g/mol. The molecule has 0 saturated carbocycles. The fourth-order valence-corrected chi connectivity index (χ4v) is 2.71. The molecular weight excluding hydrogens is 250 g/mol. The monoisotopic (exact) mass is 269 g/mol. The molecule has 0 saturated heterocycles. The van der Waals surface area contributed by atoms with Gasteiger partial charge in [-0.05, 0) is 37.6 Å². The smallest absolute Gasteiger partial charge is 0.222 e. The lowest BCUT2D eigenvalue weighted by atomic mass is 10.0. The molecule has 0 radical (unpaired) electrons. The lowest BCUT2D eigenvalue weighted by molar-refractivity contribution is 0.852. The summed E-state index contributed by atoms with van der Waals surface area (Å²) in [5.74, 6) is 1.28. The van der Waals surface area contributed by atoms with Crippen molar-refractivity contribution in [2.24, 2.45) is 7.05 Å². The summed E-state index contributed by atoms with van der Waals surface area (Å²) in [5, 5.41) is 0. The van der Waals surface area contributed by atoms with Gasteiger partial charge >= 0.3 is 0 Å². The molecule has 1 aliphatic rings. The van der Waals surface area contributed by atoms with Crippen LogP contribution in [-0.2, 0) is 7.05 Å². The van der Waals surface area contributed by atoms with Crippen molar-refractivity contribution in [3.63, 3.8) is 0 Å². The number of likely N-dealkylation sites (N-methyl/N-ethyl adjacent to an activating group) is 1. The third-order valence-corrected chi connectivity index (χ3v) is 3.77. The summed E-state index contributed by atoms with van der Waals surface area (Å²) < 4.78 is 2.14. The van der Waals surface area contributed by atoms with Gasteiger partial charge in [0.1, 0.15) is 5.82 Å². The van der Waals surface area contributed by atoms with Gasteiger partial charge in [-0.2, -0.15) is 4.98 Å². The molecule has 0 aliphatic carbocycles. The number of nitrogen functional groups attached to an aromatic ring is 1. The number of hydrogen-bond donors (Lipinski definition) is 1. The van der Waals surface area contributed by atoms with Crippen molar-refractivity contribution in [1.29, 1.82) is 0 Å². The molecule has 3 heterocycles. The molecule has 104 valence electrons. The Balaban J connectivity index is 2.17. The summed E-state index contributed by atoms with van der Waals surface area (Å²) in [6.45, 7) is 5.85. The van der Waals surface area contributed by atoms with Crippen molar-refractivity contribution in [2.75, 3.05) is 23.7 Å². The number of hydrogen-bond acceptors (Lipinski definition) is 4. The van der Waals surface area contributed by atoms with Crippen molar-refractivity contribution in [1.82, 2.24) is 14.5 Å². The second-order valence-electron chi connectivity index (χ2n) is 5.09. The maximum atomic E-state index is 5.78. The van der Waals surface area contributed by atoms with E-state index >= 15 is 0 Å². The van der Waals surface area contributed by atoms with Crippen molar-refractivity contribution in [3.8, 4) is 0 Å². The van der Waals surface area contributed by atoms with Crippen LogP contribution in [0.25, 0.3) is 11.6 Å². The van der Waals surface area contributed by atoms with E-state index < -0.39 is 0 Å². The summed E-state index contributed by atoms with van der Waals surface area (Å²) >= 11 is 0. The van der Waals surface area contributed by atoms with Crippen LogP contribution in [0.3, 0.4) is 0 Å². The zero-order chi connectivity index (χ0) is 14.3. The van der Waals surface area contributed by atoms with Crippen LogP contribution >= 0.6 is 0 Å². The number of nitrogens with two attached hydrogens (primary N) is 1. The lowest BCUT2D eigenvalue weighted by Gasteiger charge is -2.30. The van der Waals surface area contributed by atoms with Crippen LogP contribution < -0.4 is 10.6 Å². The maximum absolute atomic E-state index is 5.78. The fraction of sp³-hybridized carbons (Fsp3) is 0.333. The van der Waals surface area contributed by atoms with Crippen molar-refractivity contribution in [3.05, 3.63) is 35.3 Å². The first-order chi connectivity index (χ1) is 9.60. The number of nitrogens with zero attached hydrogens (tertiary/aromatic N) is 4. The molecule has 0 unspecified atom stereocenters. The first kappa shape index (κ1) is 12.7. The molecule has 5 heteroatoms. The minimum atomic E-state index is 0.343. The Labute approximate surface area is 118 Å². The van der Waals surface area contributed by atoms with Gasteiger partial charge in [0.15, 0.2) is 0 Å². The molecule has 0 bridgehead atoms.